The van der Waals surface area contributed by atoms with Gasteiger partial charge in [0.1, 0.15) is 0 Å². The van der Waals surface area contributed by atoms with E-state index in [0.29, 0.717) is 19.8 Å². The lowest BCUT2D eigenvalue weighted by molar-refractivity contribution is -0.141. The Kier molecular flexibility index (Phi) is 3.32. The fourth-order valence-corrected chi connectivity index (χ4v) is 2.84. The molecule has 0 radical (unpaired) electrons. The predicted octanol–water partition coefficient (Wildman–Crippen LogP) is -1.05. The number of amides is 2. The van der Waals surface area contributed by atoms with Crippen molar-refractivity contribution in [1.29, 1.82) is 0 Å². The summed E-state index contributed by atoms with van der Waals surface area (Å²) in [5, 5.41) is 0. The Morgan fingerprint density at radius 3 is 2.17 bits per heavy atom. The van der Waals surface area contributed by atoms with Gasteiger partial charge in [0.15, 0.2) is 0 Å². The smallest absolute Gasteiger partial charge is 0.235 e. The fourth-order valence-electron chi connectivity index (χ4n) is 2.84. The summed E-state index contributed by atoms with van der Waals surface area (Å²) in [7, 11) is 0. The van der Waals surface area contributed by atoms with Gasteiger partial charge in [0.25, 0.3) is 0 Å². The van der Waals surface area contributed by atoms with Gasteiger partial charge in [0, 0.05) is 26.2 Å². The van der Waals surface area contributed by atoms with E-state index in [1.54, 1.807) is 0 Å². The topological polar surface area (TPSA) is 59.1 Å². The Hall–Kier alpha value is -0.980. The lowest BCUT2D eigenvalue weighted by atomic mass is 10.00. The van der Waals surface area contributed by atoms with Gasteiger partial charge >= 0.3 is 0 Å². The summed E-state index contributed by atoms with van der Waals surface area (Å²) in [6.07, 6.45) is 0. The SMILES string of the molecule is O=C1[C@H]2COC[C@H]2C(=O)N1CCN1CCOCC1. The monoisotopic (exact) mass is 254 g/mol. The molecule has 0 aliphatic carbocycles. The van der Waals surface area contributed by atoms with Gasteiger partial charge in [0.2, 0.25) is 11.8 Å². The molecule has 6 heteroatoms. The van der Waals surface area contributed by atoms with E-state index in [1.807, 2.05) is 0 Å². The molecule has 3 heterocycles. The van der Waals surface area contributed by atoms with Crippen LogP contribution in [0.15, 0.2) is 0 Å². The molecule has 3 saturated heterocycles. The van der Waals surface area contributed by atoms with Gasteiger partial charge < -0.3 is 9.47 Å². The number of imide groups is 1. The second kappa shape index (κ2) is 4.95. The summed E-state index contributed by atoms with van der Waals surface area (Å²) < 4.78 is 10.5. The van der Waals surface area contributed by atoms with Gasteiger partial charge in [-0.15, -0.1) is 0 Å². The van der Waals surface area contributed by atoms with E-state index < -0.39 is 0 Å². The number of likely N-dealkylation sites (tertiary alicyclic amines) is 1. The van der Waals surface area contributed by atoms with E-state index in [9.17, 15) is 9.59 Å². The van der Waals surface area contributed by atoms with Gasteiger partial charge in [-0.2, -0.15) is 0 Å². The van der Waals surface area contributed by atoms with E-state index >= 15 is 0 Å². The van der Waals surface area contributed by atoms with Crippen LogP contribution < -0.4 is 0 Å². The second-order valence-electron chi connectivity index (χ2n) is 5.03. The first-order valence-corrected chi connectivity index (χ1v) is 6.50. The van der Waals surface area contributed by atoms with Crippen molar-refractivity contribution in [3.8, 4) is 0 Å². The molecular formula is C12H18N2O4. The van der Waals surface area contributed by atoms with E-state index in [2.05, 4.69) is 4.90 Å². The number of ether oxygens (including phenoxy) is 2. The highest BCUT2D eigenvalue weighted by Crippen LogP contribution is 2.31. The van der Waals surface area contributed by atoms with Gasteiger partial charge in [0.05, 0.1) is 38.3 Å². The minimum atomic E-state index is -0.220. The minimum Gasteiger partial charge on any atom is -0.380 e. The van der Waals surface area contributed by atoms with Crippen LogP contribution in [0.2, 0.25) is 0 Å². The first kappa shape index (κ1) is 12.1. The molecule has 3 rings (SSSR count). The summed E-state index contributed by atoms with van der Waals surface area (Å²) in [5.41, 5.74) is 0. The molecule has 0 unspecified atom stereocenters. The molecule has 3 fully saturated rings. The Balaban J connectivity index is 1.56. The Morgan fingerprint density at radius 1 is 0.944 bits per heavy atom. The van der Waals surface area contributed by atoms with Crippen LogP contribution in [0.1, 0.15) is 0 Å². The normalized spacial score (nSPS) is 33.2. The van der Waals surface area contributed by atoms with Crippen LogP contribution in [0.5, 0.6) is 0 Å². The Morgan fingerprint density at radius 2 is 1.56 bits per heavy atom. The van der Waals surface area contributed by atoms with Crippen LogP contribution in [-0.2, 0) is 19.1 Å². The second-order valence-corrected chi connectivity index (χ2v) is 5.03. The third-order valence-corrected chi connectivity index (χ3v) is 3.99. The number of rotatable bonds is 3. The number of morpholine rings is 1. The highest BCUT2D eigenvalue weighted by molar-refractivity contribution is 6.05. The molecule has 0 bridgehead atoms. The van der Waals surface area contributed by atoms with Crippen LogP contribution in [0.3, 0.4) is 0 Å². The average Bonchev–Trinajstić information content (AvgIpc) is 2.95. The molecule has 0 spiro atoms. The largest absolute Gasteiger partial charge is 0.380 e. The summed E-state index contributed by atoms with van der Waals surface area (Å²) in [5.74, 6) is -0.532. The molecular weight excluding hydrogens is 236 g/mol. The van der Waals surface area contributed by atoms with Crippen LogP contribution in [0.25, 0.3) is 0 Å². The van der Waals surface area contributed by atoms with Crippen molar-refractivity contribution in [3.63, 3.8) is 0 Å². The molecule has 0 aromatic heterocycles. The molecule has 3 aliphatic heterocycles. The van der Waals surface area contributed by atoms with Crippen LogP contribution >= 0.6 is 0 Å². The first-order valence-electron chi connectivity index (χ1n) is 6.50. The van der Waals surface area contributed by atoms with Crippen molar-refractivity contribution in [1.82, 2.24) is 9.80 Å². The van der Waals surface area contributed by atoms with Gasteiger partial charge in [-0.3, -0.25) is 19.4 Å². The summed E-state index contributed by atoms with van der Waals surface area (Å²) in [6.45, 7) is 5.30. The summed E-state index contributed by atoms with van der Waals surface area (Å²) in [6, 6.07) is 0. The van der Waals surface area contributed by atoms with E-state index in [-0.39, 0.29) is 23.7 Å². The van der Waals surface area contributed by atoms with Gasteiger partial charge in [-0.1, -0.05) is 0 Å². The number of carbonyl (C=O) groups is 2. The van der Waals surface area contributed by atoms with Crippen LogP contribution in [-0.4, -0.2) is 74.2 Å². The van der Waals surface area contributed by atoms with E-state index in [0.717, 1.165) is 32.8 Å². The third-order valence-electron chi connectivity index (χ3n) is 3.99. The van der Waals surface area contributed by atoms with E-state index in [1.165, 1.54) is 4.90 Å². The summed E-state index contributed by atoms with van der Waals surface area (Å²) in [4.78, 5) is 27.8. The molecule has 0 aromatic carbocycles. The maximum Gasteiger partial charge on any atom is 0.235 e. The molecule has 18 heavy (non-hydrogen) atoms. The highest BCUT2D eigenvalue weighted by Gasteiger charge is 2.50. The molecule has 3 aliphatic rings. The maximum absolute atomic E-state index is 12.1. The number of carbonyl (C=O) groups excluding carboxylic acids is 2. The average molecular weight is 254 g/mol. The molecule has 2 amide bonds. The zero-order valence-electron chi connectivity index (χ0n) is 10.3. The molecule has 0 saturated carbocycles. The van der Waals surface area contributed by atoms with Gasteiger partial charge in [-0.05, 0) is 0 Å². The molecule has 6 nitrogen and oxygen atoms in total. The number of hydrogen-bond acceptors (Lipinski definition) is 5. The lowest BCUT2D eigenvalue weighted by Gasteiger charge is -2.28. The molecule has 2 atom stereocenters. The highest BCUT2D eigenvalue weighted by atomic mass is 16.5. The predicted molar refractivity (Wildman–Crippen MR) is 61.8 cm³/mol. The zero-order chi connectivity index (χ0) is 12.5. The van der Waals surface area contributed by atoms with Crippen molar-refractivity contribution >= 4 is 11.8 Å². The van der Waals surface area contributed by atoms with Crippen molar-refractivity contribution < 1.29 is 19.1 Å². The lowest BCUT2D eigenvalue weighted by Crippen LogP contribution is -2.43. The third kappa shape index (κ3) is 2.04. The fraction of sp³-hybridized carbons (Fsp3) is 0.833. The Bertz CT molecular complexity index is 332. The first-order chi connectivity index (χ1) is 8.77. The van der Waals surface area contributed by atoms with Gasteiger partial charge in [-0.25, -0.2) is 0 Å². The van der Waals surface area contributed by atoms with Crippen molar-refractivity contribution in [3.05, 3.63) is 0 Å². The van der Waals surface area contributed by atoms with Crippen LogP contribution in [0, 0.1) is 11.8 Å². The number of fused-ring (bicyclic) bond motifs is 1. The van der Waals surface area contributed by atoms with Crippen molar-refractivity contribution in [2.24, 2.45) is 11.8 Å². The van der Waals surface area contributed by atoms with E-state index in [4.69, 9.17) is 9.47 Å². The minimum absolute atomic E-state index is 0.0456. The molecule has 0 N–H and O–H groups in total. The maximum atomic E-state index is 12.1. The standard InChI is InChI=1S/C12H18N2O4/c15-11-9-7-18-8-10(9)12(16)14(11)2-1-13-3-5-17-6-4-13/h9-10H,1-8H2/t9-,10+. The number of nitrogens with zero attached hydrogens (tertiary/aromatic N) is 2. The van der Waals surface area contributed by atoms with Crippen LogP contribution in [0.4, 0.5) is 0 Å². The summed E-state index contributed by atoms with van der Waals surface area (Å²) >= 11 is 0. The Labute approximate surface area is 106 Å². The molecule has 0 aromatic rings. The zero-order valence-corrected chi connectivity index (χ0v) is 10.3. The number of hydrogen-bond donors (Lipinski definition) is 0. The van der Waals surface area contributed by atoms with Crippen molar-refractivity contribution in [2.45, 2.75) is 0 Å². The van der Waals surface area contributed by atoms with Crippen molar-refractivity contribution in [2.75, 3.05) is 52.6 Å². The molecule has 100 valence electrons. The quantitative estimate of drug-likeness (QED) is 0.602.